The first-order chi connectivity index (χ1) is 15.8. The normalized spacial score (nSPS) is 20.0. The molecule has 13 nitrogen and oxygen atoms in total. The highest BCUT2D eigenvalue weighted by Gasteiger charge is 2.54. The van der Waals surface area contributed by atoms with Crippen molar-refractivity contribution in [3.63, 3.8) is 0 Å². The zero-order valence-electron chi connectivity index (χ0n) is 17.0. The van der Waals surface area contributed by atoms with Crippen molar-refractivity contribution in [1.82, 2.24) is 15.2 Å². The third-order valence-electron chi connectivity index (χ3n) is 4.19. The van der Waals surface area contributed by atoms with Gasteiger partial charge in [0, 0.05) is 17.7 Å². The molecule has 1 unspecified atom stereocenters. The fourth-order valence-electron chi connectivity index (χ4n) is 2.74. The number of aromatic nitrogens is 1. The molecule has 186 valence electrons. The molecule has 0 aromatic carbocycles. The maximum Gasteiger partial charge on any atom is 0.490 e. The molecule has 2 aliphatic heterocycles. The van der Waals surface area contributed by atoms with Crippen molar-refractivity contribution in [1.29, 1.82) is 0 Å². The standard InChI is InChI=1S/C14H16N6O5S2.C2HF3O2/c1-25-19-7(6-4-27-14(16)17-6)10(21)18-8-11(22)20-9(13(23)24)5(2-15)3-26-12(8)20;3-2(4,5)1(6)7/h4,8,12H,2-3,15H2,1H3,(H2,16,17)(H,18,21)(H,23,24);(H,6,7)/b19-7+;/t8?,12-;/m1./s1. The lowest BCUT2D eigenvalue weighted by atomic mass is 10.0. The van der Waals surface area contributed by atoms with Crippen LogP contribution in [0, 0.1) is 0 Å². The van der Waals surface area contributed by atoms with E-state index in [0.29, 0.717) is 11.3 Å². The van der Waals surface area contributed by atoms with E-state index in [9.17, 15) is 32.7 Å². The highest BCUT2D eigenvalue weighted by Crippen LogP contribution is 2.40. The Labute approximate surface area is 196 Å². The number of alkyl halides is 3. The smallest absolute Gasteiger partial charge is 0.477 e. The minimum atomic E-state index is -5.08. The number of nitrogens with one attached hydrogen (secondary N) is 1. The lowest BCUT2D eigenvalue weighted by Crippen LogP contribution is -2.71. The SMILES string of the molecule is CO/N=C(/C(=O)NC1C(=O)N2C(C(=O)O)=C(CN)CS[C@H]12)c1csc(N)n1.O=C(O)C(F)(F)F. The van der Waals surface area contributed by atoms with Crippen LogP contribution in [0.4, 0.5) is 18.3 Å². The summed E-state index contributed by atoms with van der Waals surface area (Å²) >= 11 is 2.46. The van der Waals surface area contributed by atoms with E-state index in [2.05, 4.69) is 20.3 Å². The van der Waals surface area contributed by atoms with Crippen LogP contribution in [0.15, 0.2) is 21.8 Å². The topological polar surface area (TPSA) is 211 Å². The molecule has 0 saturated carbocycles. The zero-order valence-corrected chi connectivity index (χ0v) is 18.7. The molecule has 1 fully saturated rings. The lowest BCUT2D eigenvalue weighted by Gasteiger charge is -2.49. The van der Waals surface area contributed by atoms with Crippen molar-refractivity contribution in [2.24, 2.45) is 10.9 Å². The van der Waals surface area contributed by atoms with Gasteiger partial charge in [0.05, 0.1) is 0 Å². The monoisotopic (exact) mass is 526 g/mol. The van der Waals surface area contributed by atoms with Gasteiger partial charge in [-0.25, -0.2) is 14.6 Å². The number of nitrogen functional groups attached to an aromatic ring is 1. The largest absolute Gasteiger partial charge is 0.490 e. The number of aliphatic carboxylic acids is 2. The number of thiazole rings is 1. The predicted molar refractivity (Wildman–Crippen MR) is 113 cm³/mol. The molecule has 3 heterocycles. The highest BCUT2D eigenvalue weighted by atomic mass is 32.2. The van der Waals surface area contributed by atoms with Crippen LogP contribution in [0.1, 0.15) is 5.69 Å². The molecule has 3 rings (SSSR count). The van der Waals surface area contributed by atoms with Crippen molar-refractivity contribution in [2.75, 3.05) is 25.1 Å². The van der Waals surface area contributed by atoms with Crippen LogP contribution in [0.5, 0.6) is 0 Å². The first kappa shape index (κ1) is 26.9. The quantitative estimate of drug-likeness (QED) is 0.179. The number of nitrogens with two attached hydrogens (primary N) is 2. The Morgan fingerprint density at radius 2 is 2.00 bits per heavy atom. The van der Waals surface area contributed by atoms with Gasteiger partial charge in [-0.2, -0.15) is 13.2 Å². The van der Waals surface area contributed by atoms with Gasteiger partial charge in [0.1, 0.15) is 29.9 Å². The van der Waals surface area contributed by atoms with Gasteiger partial charge < -0.3 is 31.8 Å². The Bertz CT molecular complexity index is 1060. The second-order valence-corrected chi connectivity index (χ2v) is 8.31. The molecule has 1 aromatic rings. The number of carboxylic acid groups (broad SMARTS) is 2. The summed E-state index contributed by atoms with van der Waals surface area (Å²) in [5.74, 6) is -4.82. The van der Waals surface area contributed by atoms with E-state index in [1.807, 2.05) is 0 Å². The molecule has 2 amide bonds. The van der Waals surface area contributed by atoms with E-state index < -0.39 is 41.3 Å². The van der Waals surface area contributed by atoms with Gasteiger partial charge in [-0.15, -0.1) is 23.1 Å². The number of carbonyl (C=O) groups excluding carboxylic acids is 2. The summed E-state index contributed by atoms with van der Waals surface area (Å²) in [4.78, 5) is 55.3. The van der Waals surface area contributed by atoms with Gasteiger partial charge in [0.2, 0.25) is 0 Å². The number of hydrogen-bond donors (Lipinski definition) is 5. The van der Waals surface area contributed by atoms with Crippen molar-refractivity contribution < 1.29 is 47.4 Å². The second kappa shape index (κ2) is 10.7. The Morgan fingerprint density at radius 1 is 1.38 bits per heavy atom. The molecular formula is C16H17F3N6O7S2. The average molecular weight is 526 g/mol. The summed E-state index contributed by atoms with van der Waals surface area (Å²) in [6.07, 6.45) is -5.08. The Morgan fingerprint density at radius 3 is 2.44 bits per heavy atom. The van der Waals surface area contributed by atoms with Crippen LogP contribution >= 0.6 is 23.1 Å². The Kier molecular flexibility index (Phi) is 8.46. The highest BCUT2D eigenvalue weighted by molar-refractivity contribution is 8.00. The molecule has 18 heteroatoms. The van der Waals surface area contributed by atoms with E-state index in [1.54, 1.807) is 0 Å². The molecule has 1 saturated heterocycles. The van der Waals surface area contributed by atoms with Crippen molar-refractivity contribution in [2.45, 2.75) is 17.6 Å². The van der Waals surface area contributed by atoms with Crippen molar-refractivity contribution in [3.05, 3.63) is 22.3 Å². The number of fused-ring (bicyclic) bond motifs is 1. The van der Waals surface area contributed by atoms with Crippen LogP contribution in [-0.4, -0.2) is 86.6 Å². The first-order valence-electron chi connectivity index (χ1n) is 8.87. The van der Waals surface area contributed by atoms with E-state index in [4.69, 9.17) is 21.4 Å². The third kappa shape index (κ3) is 5.75. The minimum Gasteiger partial charge on any atom is -0.477 e. The number of nitrogens with zero attached hydrogens (tertiary/aromatic N) is 3. The number of hydrogen-bond acceptors (Lipinski definition) is 11. The van der Waals surface area contributed by atoms with Crippen molar-refractivity contribution in [3.8, 4) is 0 Å². The summed E-state index contributed by atoms with van der Waals surface area (Å²) in [7, 11) is 1.27. The van der Waals surface area contributed by atoms with Crippen LogP contribution in [0.25, 0.3) is 0 Å². The van der Waals surface area contributed by atoms with E-state index in [0.717, 1.165) is 16.2 Å². The predicted octanol–water partition coefficient (Wildman–Crippen LogP) is -0.594. The molecule has 0 aliphatic carbocycles. The van der Waals surface area contributed by atoms with Gasteiger partial charge in [-0.05, 0) is 5.57 Å². The summed E-state index contributed by atoms with van der Waals surface area (Å²) < 4.78 is 31.7. The number of rotatable bonds is 6. The number of thioether (sulfide) groups is 1. The first-order valence-corrected chi connectivity index (χ1v) is 10.8. The second-order valence-electron chi connectivity index (χ2n) is 6.32. The van der Waals surface area contributed by atoms with Crippen LogP contribution in [0.2, 0.25) is 0 Å². The van der Waals surface area contributed by atoms with Crippen LogP contribution < -0.4 is 16.8 Å². The molecule has 34 heavy (non-hydrogen) atoms. The fraction of sp³-hybridized carbons (Fsp3) is 0.375. The number of β-lactam (4-membered cyclic amide) rings is 1. The minimum absolute atomic E-state index is 0.0397. The lowest BCUT2D eigenvalue weighted by molar-refractivity contribution is -0.192. The summed E-state index contributed by atoms with van der Waals surface area (Å²) in [6, 6.07) is -0.894. The summed E-state index contributed by atoms with van der Waals surface area (Å²) in [5.41, 5.74) is 11.6. The number of carbonyl (C=O) groups is 4. The van der Waals surface area contributed by atoms with Crippen molar-refractivity contribution >= 4 is 57.7 Å². The van der Waals surface area contributed by atoms with E-state index in [1.165, 1.54) is 24.3 Å². The zero-order chi connectivity index (χ0) is 25.8. The average Bonchev–Trinajstić information content (AvgIpc) is 3.19. The molecular weight excluding hydrogens is 509 g/mol. The Balaban J connectivity index is 0.000000509. The van der Waals surface area contributed by atoms with E-state index in [-0.39, 0.29) is 28.8 Å². The molecule has 2 aliphatic rings. The maximum absolute atomic E-state index is 12.6. The molecule has 2 atom stereocenters. The summed E-state index contributed by atoms with van der Waals surface area (Å²) in [6.45, 7) is 0.0397. The number of amides is 2. The van der Waals surface area contributed by atoms with Gasteiger partial charge in [-0.3, -0.25) is 14.5 Å². The molecule has 1 aromatic heterocycles. The number of oxime groups is 1. The third-order valence-corrected chi connectivity index (χ3v) is 6.20. The van der Waals surface area contributed by atoms with Gasteiger partial charge >= 0.3 is 18.1 Å². The van der Waals surface area contributed by atoms with Crippen LogP contribution in [-0.2, 0) is 24.0 Å². The number of anilines is 1. The van der Waals surface area contributed by atoms with Gasteiger partial charge in [-0.1, -0.05) is 5.16 Å². The fourth-order valence-corrected chi connectivity index (χ4v) is 4.65. The summed E-state index contributed by atoms with van der Waals surface area (Å²) in [5, 5.41) is 24.0. The van der Waals surface area contributed by atoms with Gasteiger partial charge in [0.25, 0.3) is 11.8 Å². The maximum atomic E-state index is 12.6. The molecule has 0 bridgehead atoms. The van der Waals surface area contributed by atoms with Gasteiger partial charge in [0.15, 0.2) is 10.8 Å². The number of halogens is 3. The van der Waals surface area contributed by atoms with E-state index >= 15 is 0 Å². The number of carboxylic acids is 2. The molecule has 0 radical (unpaired) electrons. The van der Waals surface area contributed by atoms with Crippen LogP contribution in [0.3, 0.4) is 0 Å². The molecule has 7 N–H and O–H groups in total. The molecule has 0 spiro atoms. The Hall–Kier alpha value is -3.38.